The maximum atomic E-state index is 10.7. The fourth-order valence-corrected chi connectivity index (χ4v) is 2.90. The smallest absolute Gasteiger partial charge is 0.269 e. The van der Waals surface area contributed by atoms with Gasteiger partial charge < -0.3 is 9.47 Å². The molecule has 6 nitrogen and oxygen atoms in total. The van der Waals surface area contributed by atoms with Crippen molar-refractivity contribution in [1.29, 1.82) is 0 Å². The summed E-state index contributed by atoms with van der Waals surface area (Å²) in [7, 11) is 0. The van der Waals surface area contributed by atoms with Gasteiger partial charge in [-0.05, 0) is 83.9 Å². The molecule has 0 unspecified atom stereocenters. The molecule has 0 fully saturated rings. The first-order valence-electron chi connectivity index (χ1n) is 9.99. The van der Waals surface area contributed by atoms with Gasteiger partial charge >= 0.3 is 0 Å². The molecule has 0 N–H and O–H groups in total. The van der Waals surface area contributed by atoms with E-state index in [1.165, 1.54) is 12.1 Å². The highest BCUT2D eigenvalue weighted by Crippen LogP contribution is 2.24. The molecule has 0 saturated heterocycles. The zero-order chi connectivity index (χ0) is 22.2. The van der Waals surface area contributed by atoms with Crippen molar-refractivity contribution in [2.24, 2.45) is 4.99 Å². The van der Waals surface area contributed by atoms with Crippen LogP contribution in [0, 0.1) is 10.1 Å². The lowest BCUT2D eigenvalue weighted by Gasteiger charge is -2.06. The van der Waals surface area contributed by atoms with E-state index >= 15 is 0 Å². The Bertz CT molecular complexity index is 1190. The maximum Gasteiger partial charge on any atom is 0.269 e. The summed E-state index contributed by atoms with van der Waals surface area (Å²) in [5.74, 6) is 2.26. The van der Waals surface area contributed by atoms with E-state index in [1.54, 1.807) is 18.3 Å². The SMILES string of the molecule is O=[N+]([O-])c1ccc(COc2ccc(C=Nc3ccc(Oc4ccccc4)cc3)cc2)cc1. The lowest BCUT2D eigenvalue weighted by atomic mass is 10.2. The Morgan fingerprint density at radius 2 is 1.38 bits per heavy atom. The highest BCUT2D eigenvalue weighted by molar-refractivity contribution is 5.82. The van der Waals surface area contributed by atoms with Crippen LogP contribution in [0.4, 0.5) is 11.4 Å². The molecule has 0 aromatic heterocycles. The van der Waals surface area contributed by atoms with Crippen LogP contribution in [-0.4, -0.2) is 11.1 Å². The van der Waals surface area contributed by atoms with Crippen molar-refractivity contribution in [3.05, 3.63) is 124 Å². The highest BCUT2D eigenvalue weighted by atomic mass is 16.6. The first-order valence-corrected chi connectivity index (χ1v) is 9.99. The summed E-state index contributed by atoms with van der Waals surface area (Å²) in [6.07, 6.45) is 1.78. The van der Waals surface area contributed by atoms with Gasteiger partial charge in [0.05, 0.1) is 10.6 Å². The van der Waals surface area contributed by atoms with E-state index in [4.69, 9.17) is 9.47 Å². The van der Waals surface area contributed by atoms with Crippen molar-refractivity contribution in [3.63, 3.8) is 0 Å². The number of ether oxygens (including phenoxy) is 2. The maximum absolute atomic E-state index is 10.7. The molecule has 0 spiro atoms. The molecule has 0 bridgehead atoms. The summed E-state index contributed by atoms with van der Waals surface area (Å²) >= 11 is 0. The molecule has 32 heavy (non-hydrogen) atoms. The molecule has 0 atom stereocenters. The zero-order valence-electron chi connectivity index (χ0n) is 17.1. The summed E-state index contributed by atoms with van der Waals surface area (Å²) in [4.78, 5) is 14.8. The van der Waals surface area contributed by atoms with Crippen LogP contribution in [0.5, 0.6) is 17.2 Å². The van der Waals surface area contributed by atoms with Crippen molar-refractivity contribution in [2.75, 3.05) is 0 Å². The predicted octanol–water partition coefficient (Wildman–Crippen LogP) is 6.72. The van der Waals surface area contributed by atoms with E-state index in [-0.39, 0.29) is 5.69 Å². The van der Waals surface area contributed by atoms with Crippen LogP contribution in [0.1, 0.15) is 11.1 Å². The lowest BCUT2D eigenvalue weighted by molar-refractivity contribution is -0.384. The topological polar surface area (TPSA) is 74.0 Å². The standard InChI is InChI=1S/C26H20N2O4/c29-28(30)23-12-6-21(7-13-23)19-31-24-14-8-20(9-15-24)18-27-22-10-16-26(17-11-22)32-25-4-2-1-3-5-25/h1-18H,19H2. The number of nitrogens with zero attached hydrogens (tertiary/aromatic N) is 2. The van der Waals surface area contributed by atoms with Crippen LogP contribution >= 0.6 is 0 Å². The number of rotatable bonds is 8. The molecule has 158 valence electrons. The van der Waals surface area contributed by atoms with Gasteiger partial charge in [-0.2, -0.15) is 0 Å². The van der Waals surface area contributed by atoms with E-state index in [0.717, 1.165) is 28.3 Å². The number of hydrogen-bond acceptors (Lipinski definition) is 5. The van der Waals surface area contributed by atoms with Crippen LogP contribution in [0.3, 0.4) is 0 Å². The van der Waals surface area contributed by atoms with Crippen LogP contribution in [-0.2, 0) is 6.61 Å². The third kappa shape index (κ3) is 5.79. The molecular formula is C26H20N2O4. The highest BCUT2D eigenvalue weighted by Gasteiger charge is 2.04. The Balaban J connectivity index is 1.30. The monoisotopic (exact) mass is 424 g/mol. The number of benzene rings is 4. The fourth-order valence-electron chi connectivity index (χ4n) is 2.90. The fraction of sp³-hybridized carbons (Fsp3) is 0.0385. The summed E-state index contributed by atoms with van der Waals surface area (Å²) in [6, 6.07) is 31.1. The van der Waals surface area contributed by atoms with Crippen molar-refractivity contribution in [2.45, 2.75) is 6.61 Å². The summed E-state index contributed by atoms with van der Waals surface area (Å²) in [5, 5.41) is 10.7. The molecule has 0 aliphatic carbocycles. The van der Waals surface area contributed by atoms with E-state index < -0.39 is 4.92 Å². The second-order valence-electron chi connectivity index (χ2n) is 6.95. The van der Waals surface area contributed by atoms with Gasteiger partial charge in [-0.1, -0.05) is 18.2 Å². The van der Waals surface area contributed by atoms with Crippen molar-refractivity contribution < 1.29 is 14.4 Å². The minimum Gasteiger partial charge on any atom is -0.489 e. The number of nitro groups is 1. The number of para-hydroxylation sites is 1. The molecule has 4 rings (SSSR count). The van der Waals surface area contributed by atoms with Gasteiger partial charge in [0.1, 0.15) is 23.9 Å². The Labute approximate surface area is 185 Å². The number of hydrogen-bond donors (Lipinski definition) is 0. The van der Waals surface area contributed by atoms with Crippen LogP contribution < -0.4 is 9.47 Å². The zero-order valence-corrected chi connectivity index (χ0v) is 17.1. The largest absolute Gasteiger partial charge is 0.489 e. The van der Waals surface area contributed by atoms with Gasteiger partial charge in [0.25, 0.3) is 5.69 Å². The minimum absolute atomic E-state index is 0.0655. The predicted molar refractivity (Wildman–Crippen MR) is 124 cm³/mol. The van der Waals surface area contributed by atoms with Gasteiger partial charge in [0, 0.05) is 18.3 Å². The first-order chi connectivity index (χ1) is 15.7. The Kier molecular flexibility index (Phi) is 6.53. The van der Waals surface area contributed by atoms with E-state index in [0.29, 0.717) is 12.4 Å². The first kappa shape index (κ1) is 20.8. The number of aliphatic imine (C=N–C) groups is 1. The quantitative estimate of drug-likeness (QED) is 0.179. The average Bonchev–Trinajstić information content (AvgIpc) is 2.84. The second kappa shape index (κ2) is 10.0. The molecule has 0 saturated carbocycles. The third-order valence-electron chi connectivity index (χ3n) is 4.61. The third-order valence-corrected chi connectivity index (χ3v) is 4.61. The normalized spacial score (nSPS) is 10.8. The Hall–Kier alpha value is -4.45. The van der Waals surface area contributed by atoms with E-state index in [2.05, 4.69) is 4.99 Å². The molecule has 0 radical (unpaired) electrons. The molecular weight excluding hydrogens is 404 g/mol. The minimum atomic E-state index is -0.419. The van der Waals surface area contributed by atoms with Crippen LogP contribution in [0.15, 0.2) is 108 Å². The van der Waals surface area contributed by atoms with Crippen molar-refractivity contribution in [1.82, 2.24) is 0 Å². The molecule has 0 aliphatic heterocycles. The van der Waals surface area contributed by atoms with Gasteiger partial charge in [-0.15, -0.1) is 0 Å². The van der Waals surface area contributed by atoms with Crippen molar-refractivity contribution in [3.8, 4) is 17.2 Å². The molecule has 0 amide bonds. The number of nitro benzene ring substituents is 1. The van der Waals surface area contributed by atoms with Gasteiger partial charge in [-0.25, -0.2) is 0 Å². The van der Waals surface area contributed by atoms with Gasteiger partial charge in [0.2, 0.25) is 0 Å². The van der Waals surface area contributed by atoms with Gasteiger partial charge in [0.15, 0.2) is 0 Å². The molecule has 6 heteroatoms. The number of non-ortho nitro benzene ring substituents is 1. The van der Waals surface area contributed by atoms with E-state index in [1.807, 2.05) is 78.9 Å². The summed E-state index contributed by atoms with van der Waals surface area (Å²) < 4.78 is 11.5. The van der Waals surface area contributed by atoms with Crippen molar-refractivity contribution >= 4 is 17.6 Å². The Morgan fingerprint density at radius 3 is 2.03 bits per heavy atom. The molecule has 0 aliphatic rings. The van der Waals surface area contributed by atoms with Crippen LogP contribution in [0.25, 0.3) is 0 Å². The summed E-state index contributed by atoms with van der Waals surface area (Å²) in [5.41, 5.74) is 2.69. The average molecular weight is 424 g/mol. The van der Waals surface area contributed by atoms with E-state index in [9.17, 15) is 10.1 Å². The second-order valence-corrected chi connectivity index (χ2v) is 6.95. The van der Waals surface area contributed by atoms with Crippen LogP contribution in [0.2, 0.25) is 0 Å². The molecule has 4 aromatic carbocycles. The molecule has 0 heterocycles. The summed E-state index contributed by atoms with van der Waals surface area (Å²) in [6.45, 7) is 0.336. The Morgan fingerprint density at radius 1 is 0.750 bits per heavy atom. The molecule has 4 aromatic rings. The lowest BCUT2D eigenvalue weighted by Crippen LogP contribution is -1.96. The van der Waals surface area contributed by atoms with Gasteiger partial charge in [-0.3, -0.25) is 15.1 Å².